The largest absolute Gasteiger partial charge is 0.446 e. The summed E-state index contributed by atoms with van der Waals surface area (Å²) in [5, 5.41) is 6.63. The van der Waals surface area contributed by atoms with Crippen molar-refractivity contribution in [3.05, 3.63) is 17.8 Å². The van der Waals surface area contributed by atoms with Crippen molar-refractivity contribution in [2.45, 2.75) is 38.6 Å². The van der Waals surface area contributed by atoms with E-state index in [-0.39, 0.29) is 0 Å². The van der Waals surface area contributed by atoms with Gasteiger partial charge in [-0.05, 0) is 45.8 Å². The molecule has 1 saturated heterocycles. The van der Waals surface area contributed by atoms with Crippen LogP contribution < -0.4 is 10.6 Å². The standard InChI is InChI=1S/C13H23N3O/c1-10(14-2)6-12-9-16-13(17-12)7-11-4-3-5-15-8-11/h9-11,14-15H,3-8H2,1-2H3. The molecule has 1 aliphatic rings. The molecule has 0 aromatic carbocycles. The number of nitrogens with zero attached hydrogens (tertiary/aromatic N) is 1. The molecule has 2 rings (SSSR count). The van der Waals surface area contributed by atoms with E-state index in [9.17, 15) is 0 Å². The maximum Gasteiger partial charge on any atom is 0.194 e. The first-order valence-electron chi connectivity index (χ1n) is 6.59. The number of likely N-dealkylation sites (N-methyl/N-ethyl adjacent to an activating group) is 1. The van der Waals surface area contributed by atoms with Crippen LogP contribution >= 0.6 is 0 Å². The molecule has 1 aliphatic heterocycles. The first-order chi connectivity index (χ1) is 8.28. The molecule has 4 nitrogen and oxygen atoms in total. The van der Waals surface area contributed by atoms with Crippen LogP contribution in [0.4, 0.5) is 0 Å². The van der Waals surface area contributed by atoms with E-state index in [0.717, 1.165) is 37.6 Å². The fourth-order valence-electron chi connectivity index (χ4n) is 2.29. The molecule has 0 radical (unpaired) electrons. The van der Waals surface area contributed by atoms with Crippen LogP contribution in [0.25, 0.3) is 0 Å². The van der Waals surface area contributed by atoms with Crippen LogP contribution in [0.15, 0.2) is 10.6 Å². The molecule has 17 heavy (non-hydrogen) atoms. The van der Waals surface area contributed by atoms with Gasteiger partial charge in [0.1, 0.15) is 5.76 Å². The van der Waals surface area contributed by atoms with E-state index in [1.54, 1.807) is 0 Å². The van der Waals surface area contributed by atoms with Gasteiger partial charge in [0.15, 0.2) is 5.89 Å². The molecule has 0 bridgehead atoms. The molecule has 2 heterocycles. The van der Waals surface area contributed by atoms with Crippen molar-refractivity contribution < 1.29 is 4.42 Å². The van der Waals surface area contributed by atoms with Crippen molar-refractivity contribution in [3.8, 4) is 0 Å². The molecule has 0 saturated carbocycles. The van der Waals surface area contributed by atoms with Gasteiger partial charge >= 0.3 is 0 Å². The molecule has 0 amide bonds. The fraction of sp³-hybridized carbons (Fsp3) is 0.769. The van der Waals surface area contributed by atoms with Gasteiger partial charge in [-0.3, -0.25) is 0 Å². The minimum Gasteiger partial charge on any atom is -0.446 e. The highest BCUT2D eigenvalue weighted by atomic mass is 16.4. The minimum absolute atomic E-state index is 0.437. The molecule has 96 valence electrons. The van der Waals surface area contributed by atoms with E-state index in [1.165, 1.54) is 12.8 Å². The van der Waals surface area contributed by atoms with E-state index in [0.29, 0.717) is 12.0 Å². The Morgan fingerprint density at radius 1 is 1.65 bits per heavy atom. The van der Waals surface area contributed by atoms with Crippen molar-refractivity contribution in [1.29, 1.82) is 0 Å². The molecular weight excluding hydrogens is 214 g/mol. The Balaban J connectivity index is 1.84. The lowest BCUT2D eigenvalue weighted by atomic mass is 9.96. The molecule has 2 atom stereocenters. The molecule has 4 heteroatoms. The van der Waals surface area contributed by atoms with E-state index in [4.69, 9.17) is 4.42 Å². The van der Waals surface area contributed by atoms with Crippen molar-refractivity contribution in [2.75, 3.05) is 20.1 Å². The second-order valence-electron chi connectivity index (χ2n) is 5.03. The highest BCUT2D eigenvalue weighted by molar-refractivity contribution is 4.97. The van der Waals surface area contributed by atoms with E-state index < -0.39 is 0 Å². The Kier molecular flexibility index (Phi) is 4.57. The smallest absolute Gasteiger partial charge is 0.194 e. The number of rotatable bonds is 5. The van der Waals surface area contributed by atoms with Crippen LogP contribution in [-0.2, 0) is 12.8 Å². The lowest BCUT2D eigenvalue weighted by molar-refractivity contribution is 0.337. The maximum absolute atomic E-state index is 5.78. The highest BCUT2D eigenvalue weighted by Crippen LogP contribution is 2.16. The van der Waals surface area contributed by atoms with Crippen LogP contribution in [-0.4, -0.2) is 31.2 Å². The van der Waals surface area contributed by atoms with Crippen LogP contribution in [0.2, 0.25) is 0 Å². The van der Waals surface area contributed by atoms with E-state index >= 15 is 0 Å². The zero-order chi connectivity index (χ0) is 12.1. The van der Waals surface area contributed by atoms with Gasteiger partial charge in [0.2, 0.25) is 0 Å². The molecule has 0 aliphatic carbocycles. The molecule has 2 unspecified atom stereocenters. The Bertz CT molecular complexity index is 331. The highest BCUT2D eigenvalue weighted by Gasteiger charge is 2.16. The molecule has 2 N–H and O–H groups in total. The van der Waals surface area contributed by atoms with Gasteiger partial charge in [0.25, 0.3) is 0 Å². The Hall–Kier alpha value is -0.870. The van der Waals surface area contributed by atoms with Crippen LogP contribution in [0.5, 0.6) is 0 Å². The number of hydrogen-bond donors (Lipinski definition) is 2. The predicted molar refractivity (Wildman–Crippen MR) is 68.0 cm³/mol. The van der Waals surface area contributed by atoms with Gasteiger partial charge in [0, 0.05) is 18.9 Å². The molecule has 1 fully saturated rings. The zero-order valence-corrected chi connectivity index (χ0v) is 10.8. The third-order valence-corrected chi connectivity index (χ3v) is 3.46. The van der Waals surface area contributed by atoms with Gasteiger partial charge < -0.3 is 15.1 Å². The molecule has 1 aromatic heterocycles. The van der Waals surface area contributed by atoms with Crippen molar-refractivity contribution in [2.24, 2.45) is 5.92 Å². The monoisotopic (exact) mass is 237 g/mol. The van der Waals surface area contributed by atoms with Crippen LogP contribution in [0, 0.1) is 5.92 Å². The summed E-state index contributed by atoms with van der Waals surface area (Å²) in [5.74, 6) is 2.58. The second kappa shape index (κ2) is 6.17. The summed E-state index contributed by atoms with van der Waals surface area (Å²) in [6, 6.07) is 0.437. The summed E-state index contributed by atoms with van der Waals surface area (Å²) in [6.45, 7) is 4.41. The molecule has 1 aromatic rings. The van der Waals surface area contributed by atoms with Crippen molar-refractivity contribution in [3.63, 3.8) is 0 Å². The van der Waals surface area contributed by atoms with E-state index in [1.807, 2.05) is 13.2 Å². The minimum atomic E-state index is 0.437. The van der Waals surface area contributed by atoms with Gasteiger partial charge in [-0.2, -0.15) is 0 Å². The van der Waals surface area contributed by atoms with Crippen LogP contribution in [0.1, 0.15) is 31.4 Å². The Labute approximate surface area is 103 Å². The first kappa shape index (κ1) is 12.6. The summed E-state index contributed by atoms with van der Waals surface area (Å²) in [4.78, 5) is 4.38. The van der Waals surface area contributed by atoms with Gasteiger partial charge in [-0.1, -0.05) is 0 Å². The van der Waals surface area contributed by atoms with Crippen molar-refractivity contribution in [1.82, 2.24) is 15.6 Å². The SMILES string of the molecule is CNC(C)Cc1cnc(CC2CCCNC2)o1. The summed E-state index contributed by atoms with van der Waals surface area (Å²) >= 11 is 0. The zero-order valence-electron chi connectivity index (χ0n) is 10.8. The van der Waals surface area contributed by atoms with Crippen molar-refractivity contribution >= 4 is 0 Å². The number of oxazole rings is 1. The van der Waals surface area contributed by atoms with Gasteiger partial charge in [-0.15, -0.1) is 0 Å². The fourth-order valence-corrected chi connectivity index (χ4v) is 2.29. The maximum atomic E-state index is 5.78. The lowest BCUT2D eigenvalue weighted by Gasteiger charge is -2.21. The topological polar surface area (TPSA) is 50.1 Å². The third-order valence-electron chi connectivity index (χ3n) is 3.46. The van der Waals surface area contributed by atoms with E-state index in [2.05, 4.69) is 22.5 Å². The lowest BCUT2D eigenvalue weighted by Crippen LogP contribution is -2.30. The summed E-state index contributed by atoms with van der Waals surface area (Å²) in [6.07, 6.45) is 6.32. The third kappa shape index (κ3) is 3.82. The number of aromatic nitrogens is 1. The Morgan fingerprint density at radius 2 is 2.53 bits per heavy atom. The van der Waals surface area contributed by atoms with Gasteiger partial charge in [-0.25, -0.2) is 4.98 Å². The summed E-state index contributed by atoms with van der Waals surface area (Å²) < 4.78 is 5.78. The number of hydrogen-bond acceptors (Lipinski definition) is 4. The quantitative estimate of drug-likeness (QED) is 0.812. The Morgan fingerprint density at radius 3 is 3.24 bits per heavy atom. The average Bonchev–Trinajstić information content (AvgIpc) is 2.77. The number of nitrogens with one attached hydrogen (secondary N) is 2. The second-order valence-corrected chi connectivity index (χ2v) is 5.03. The summed E-state index contributed by atoms with van der Waals surface area (Å²) in [5.41, 5.74) is 0. The molecular formula is C13H23N3O. The van der Waals surface area contributed by atoms with Crippen LogP contribution in [0.3, 0.4) is 0 Å². The predicted octanol–water partition coefficient (Wildman–Crippen LogP) is 1.37. The average molecular weight is 237 g/mol. The normalized spacial score (nSPS) is 22.6. The van der Waals surface area contributed by atoms with Gasteiger partial charge in [0.05, 0.1) is 6.20 Å². The summed E-state index contributed by atoms with van der Waals surface area (Å²) in [7, 11) is 1.97. The molecule has 0 spiro atoms. The number of piperidine rings is 1. The first-order valence-corrected chi connectivity index (χ1v) is 6.59.